The molecule has 0 radical (unpaired) electrons. The Balaban J connectivity index is 2.84. The van der Waals surface area contributed by atoms with Gasteiger partial charge in [-0.1, -0.05) is 12.1 Å². The van der Waals surface area contributed by atoms with E-state index in [2.05, 4.69) is 4.74 Å². The number of halogens is 7. The molecule has 2 atom stereocenters. The number of benzene rings is 1. The molecule has 1 aromatic carbocycles. The van der Waals surface area contributed by atoms with Crippen molar-refractivity contribution in [2.75, 3.05) is 0 Å². The highest BCUT2D eigenvalue weighted by Gasteiger charge is 2.44. The summed E-state index contributed by atoms with van der Waals surface area (Å²) < 4.78 is 90.0. The van der Waals surface area contributed by atoms with E-state index in [4.69, 9.17) is 5.73 Å². The molecule has 3 nitrogen and oxygen atoms in total. The predicted molar refractivity (Wildman–Crippen MR) is 61.6 cm³/mol. The molecule has 3 N–H and O–H groups in total. The third-order valence-corrected chi connectivity index (χ3v) is 2.65. The monoisotopic (exact) mass is 335 g/mol. The minimum absolute atomic E-state index is 0.220. The Morgan fingerprint density at radius 3 is 2.23 bits per heavy atom. The highest BCUT2D eigenvalue weighted by atomic mass is 19.4. The topological polar surface area (TPSA) is 55.5 Å². The van der Waals surface area contributed by atoms with Crippen molar-refractivity contribution in [2.24, 2.45) is 5.73 Å². The average molecular weight is 335 g/mol. The summed E-state index contributed by atoms with van der Waals surface area (Å²) in [6, 6.07) is 1.50. The Bertz CT molecular complexity index is 493. The molecule has 0 saturated carbocycles. The summed E-state index contributed by atoms with van der Waals surface area (Å²) in [6.07, 6.45) is -16.2. The molecule has 0 aliphatic carbocycles. The fourth-order valence-corrected chi connectivity index (χ4v) is 1.50. The number of nitrogens with two attached hydrogens (primary N) is 1. The molecule has 1 rings (SSSR count). The number of rotatable bonds is 6. The van der Waals surface area contributed by atoms with Crippen LogP contribution in [0.2, 0.25) is 0 Å². The molecule has 10 heteroatoms. The Kier molecular flexibility index (Phi) is 5.63. The predicted octanol–water partition coefficient (Wildman–Crippen LogP) is 3.24. The normalized spacial score (nSPS) is 15.7. The number of ether oxygens (including phenoxy) is 1. The summed E-state index contributed by atoms with van der Waals surface area (Å²) in [5, 5.41) is 9.62. The van der Waals surface area contributed by atoms with Gasteiger partial charge < -0.3 is 15.6 Å². The number of hydrogen-bond donors (Lipinski definition) is 2. The van der Waals surface area contributed by atoms with Gasteiger partial charge in [0.05, 0.1) is 6.10 Å². The zero-order chi connectivity index (χ0) is 17.1. The number of alkyl halides is 7. The van der Waals surface area contributed by atoms with E-state index >= 15 is 0 Å². The Morgan fingerprint density at radius 2 is 1.73 bits per heavy atom. The van der Waals surface area contributed by atoms with Crippen LogP contribution in [0.15, 0.2) is 24.3 Å². The van der Waals surface area contributed by atoms with E-state index < -0.39 is 43.0 Å². The van der Waals surface area contributed by atoms with Gasteiger partial charge in [0.2, 0.25) is 0 Å². The van der Waals surface area contributed by atoms with E-state index in [9.17, 15) is 35.8 Å². The first-order chi connectivity index (χ1) is 9.93. The molecule has 0 unspecified atom stereocenters. The zero-order valence-corrected chi connectivity index (χ0v) is 10.8. The molecule has 22 heavy (non-hydrogen) atoms. The minimum atomic E-state index is -4.76. The van der Waals surface area contributed by atoms with E-state index in [0.717, 1.165) is 24.3 Å². The zero-order valence-electron chi connectivity index (χ0n) is 10.8. The van der Waals surface area contributed by atoms with Gasteiger partial charge in [0.15, 0.2) is 0 Å². The maximum Gasteiger partial charge on any atom is 0.461 e. The summed E-state index contributed by atoms with van der Waals surface area (Å²) in [7, 11) is 0. The molecule has 0 saturated heterocycles. The largest absolute Gasteiger partial charge is 0.461 e. The average Bonchev–Trinajstić information content (AvgIpc) is 2.37. The van der Waals surface area contributed by atoms with Crippen LogP contribution in [0.4, 0.5) is 30.7 Å². The van der Waals surface area contributed by atoms with E-state index in [1.165, 1.54) is 0 Å². The maximum absolute atomic E-state index is 12.7. The molecule has 0 spiro atoms. The van der Waals surface area contributed by atoms with Gasteiger partial charge in [-0.25, -0.2) is 0 Å². The Labute approximate surface area is 120 Å². The third-order valence-electron chi connectivity index (χ3n) is 2.65. The van der Waals surface area contributed by atoms with Crippen molar-refractivity contribution in [3.05, 3.63) is 29.8 Å². The van der Waals surface area contributed by atoms with Crippen LogP contribution < -0.4 is 10.5 Å². The molecular formula is C12H12F7NO2. The van der Waals surface area contributed by atoms with Crippen LogP contribution in [0.3, 0.4) is 0 Å². The van der Waals surface area contributed by atoms with Crippen LogP contribution in [0, 0.1) is 0 Å². The number of hydrogen-bond acceptors (Lipinski definition) is 3. The van der Waals surface area contributed by atoms with Gasteiger partial charge in [-0.05, 0) is 17.7 Å². The van der Waals surface area contributed by atoms with Gasteiger partial charge in [0.1, 0.15) is 11.8 Å². The van der Waals surface area contributed by atoms with Crippen molar-refractivity contribution in [3.63, 3.8) is 0 Å². The summed E-state index contributed by atoms with van der Waals surface area (Å²) in [5.41, 5.74) is 4.61. The highest BCUT2D eigenvalue weighted by Crippen LogP contribution is 2.31. The van der Waals surface area contributed by atoms with Crippen molar-refractivity contribution < 1.29 is 40.6 Å². The SMILES string of the molecule is N[C@H](C[C@@H](O)c1cccc(OC(F)(F)C(F)F)c1)C(F)(F)F. The van der Waals surface area contributed by atoms with Crippen molar-refractivity contribution >= 4 is 0 Å². The fraction of sp³-hybridized carbons (Fsp3) is 0.500. The molecule has 0 amide bonds. The van der Waals surface area contributed by atoms with Gasteiger partial charge in [0.25, 0.3) is 0 Å². The Hall–Kier alpha value is -1.55. The van der Waals surface area contributed by atoms with E-state index in [0.29, 0.717) is 0 Å². The van der Waals surface area contributed by atoms with Crippen molar-refractivity contribution in [2.45, 2.75) is 37.3 Å². The summed E-state index contributed by atoms with van der Waals surface area (Å²) in [5.74, 6) is -0.720. The molecule has 1 aromatic rings. The Morgan fingerprint density at radius 1 is 1.14 bits per heavy atom. The second kappa shape index (κ2) is 6.69. The maximum atomic E-state index is 12.7. The third kappa shape index (κ3) is 5.02. The van der Waals surface area contributed by atoms with Crippen molar-refractivity contribution in [1.82, 2.24) is 0 Å². The summed E-state index contributed by atoms with van der Waals surface area (Å²) >= 11 is 0. The molecule has 126 valence electrons. The van der Waals surface area contributed by atoms with Crippen LogP contribution >= 0.6 is 0 Å². The molecule has 0 bridgehead atoms. The molecule has 0 aliphatic rings. The fourth-order valence-electron chi connectivity index (χ4n) is 1.50. The lowest BCUT2D eigenvalue weighted by atomic mass is 10.0. The lowest BCUT2D eigenvalue weighted by Crippen LogP contribution is -2.38. The highest BCUT2D eigenvalue weighted by molar-refractivity contribution is 5.30. The van der Waals surface area contributed by atoms with Crippen LogP contribution in [0.25, 0.3) is 0 Å². The smallest absolute Gasteiger partial charge is 0.428 e. The van der Waals surface area contributed by atoms with Gasteiger partial charge >= 0.3 is 18.7 Å². The van der Waals surface area contributed by atoms with Crippen molar-refractivity contribution in [3.8, 4) is 5.75 Å². The van der Waals surface area contributed by atoms with Crippen LogP contribution in [-0.2, 0) is 0 Å². The molecule has 0 aromatic heterocycles. The second-order valence-electron chi connectivity index (χ2n) is 4.44. The lowest BCUT2D eigenvalue weighted by molar-refractivity contribution is -0.253. The summed E-state index contributed by atoms with van der Waals surface area (Å²) in [6.45, 7) is 0. The van der Waals surface area contributed by atoms with Crippen molar-refractivity contribution in [1.29, 1.82) is 0 Å². The van der Waals surface area contributed by atoms with Gasteiger partial charge in [0, 0.05) is 6.42 Å². The van der Waals surface area contributed by atoms with Crippen LogP contribution in [-0.4, -0.2) is 29.9 Å². The first-order valence-electron chi connectivity index (χ1n) is 5.89. The van der Waals surface area contributed by atoms with E-state index in [-0.39, 0.29) is 5.56 Å². The first-order valence-corrected chi connectivity index (χ1v) is 5.89. The van der Waals surface area contributed by atoms with E-state index in [1.54, 1.807) is 0 Å². The number of aliphatic hydroxyl groups excluding tert-OH is 1. The van der Waals surface area contributed by atoms with Crippen LogP contribution in [0.1, 0.15) is 18.1 Å². The molecule has 0 aliphatic heterocycles. The summed E-state index contributed by atoms with van der Waals surface area (Å²) in [4.78, 5) is 0. The molecule has 0 fully saturated rings. The molecular weight excluding hydrogens is 323 g/mol. The van der Waals surface area contributed by atoms with Gasteiger partial charge in [-0.15, -0.1) is 0 Å². The minimum Gasteiger partial charge on any atom is -0.428 e. The standard InChI is InChI=1S/C12H12F7NO2/c13-10(14)12(18,19)22-7-3-1-2-6(4-7)8(21)5-9(20)11(15,16)17/h1-4,8-10,21H,5,20H2/t8-,9-/m1/s1. The van der Waals surface area contributed by atoms with Gasteiger partial charge in [-0.2, -0.15) is 30.7 Å². The first kappa shape index (κ1) is 18.5. The second-order valence-corrected chi connectivity index (χ2v) is 4.44. The number of aliphatic hydroxyl groups is 1. The van der Waals surface area contributed by atoms with E-state index in [1.807, 2.05) is 0 Å². The molecule has 0 heterocycles. The lowest BCUT2D eigenvalue weighted by Gasteiger charge is -2.20. The van der Waals surface area contributed by atoms with Gasteiger partial charge in [-0.3, -0.25) is 0 Å². The quantitative estimate of drug-likeness (QED) is 0.785. The van der Waals surface area contributed by atoms with Crippen LogP contribution in [0.5, 0.6) is 5.75 Å².